The third-order valence-corrected chi connectivity index (χ3v) is 11.8. The van der Waals surface area contributed by atoms with Crippen molar-refractivity contribution in [1.29, 1.82) is 0 Å². The van der Waals surface area contributed by atoms with Crippen LogP contribution in [-0.2, 0) is 20.7 Å². The van der Waals surface area contributed by atoms with Gasteiger partial charge < -0.3 is 48.9 Å². The zero-order valence-electron chi connectivity index (χ0n) is 35.2. The Hall–Kier alpha value is -6.15. The van der Waals surface area contributed by atoms with Crippen molar-refractivity contribution in [3.05, 3.63) is 95.1 Å². The fraction of sp³-hybridized carbons (Fsp3) is 0.413. The van der Waals surface area contributed by atoms with Crippen LogP contribution in [0.5, 0.6) is 40.2 Å². The summed E-state index contributed by atoms with van der Waals surface area (Å²) in [5.74, 6) is 1.21. The number of hydrogen-bond acceptors (Lipinski definition) is 12. The Morgan fingerprint density at radius 3 is 2.23 bits per heavy atom. The molecular weight excluding hydrogens is 769 g/mol. The second kappa shape index (κ2) is 18.0. The van der Waals surface area contributed by atoms with Crippen LogP contribution in [-0.4, -0.2) is 89.7 Å². The van der Waals surface area contributed by atoms with Crippen LogP contribution in [0.25, 0.3) is 0 Å². The number of hydrazone groups is 1. The first-order valence-corrected chi connectivity index (χ1v) is 20.2. The molecule has 5 unspecified atom stereocenters. The summed E-state index contributed by atoms with van der Waals surface area (Å²) < 4.78 is 41.0. The van der Waals surface area contributed by atoms with E-state index in [4.69, 9.17) is 38.3 Å². The van der Waals surface area contributed by atoms with Crippen LogP contribution in [0.4, 0.5) is 5.69 Å². The number of rotatable bonds is 17. The largest absolute Gasteiger partial charge is 0.508 e. The van der Waals surface area contributed by atoms with E-state index in [0.717, 1.165) is 39.4 Å². The van der Waals surface area contributed by atoms with Gasteiger partial charge in [-0.15, -0.1) is 0 Å². The van der Waals surface area contributed by atoms with Gasteiger partial charge in [-0.2, -0.15) is 5.10 Å². The van der Waals surface area contributed by atoms with E-state index in [1.807, 2.05) is 86.4 Å². The average molecular weight is 823 g/mol. The zero-order valence-corrected chi connectivity index (χ0v) is 35.2. The molecule has 0 bridgehead atoms. The average Bonchev–Trinajstić information content (AvgIpc) is 3.94. The number of anilines is 1. The van der Waals surface area contributed by atoms with Crippen molar-refractivity contribution in [1.82, 2.24) is 10.6 Å². The van der Waals surface area contributed by atoms with Gasteiger partial charge in [-0.25, -0.2) is 0 Å². The second-order valence-corrected chi connectivity index (χ2v) is 15.6. The highest BCUT2D eigenvalue weighted by atomic mass is 16.7. The van der Waals surface area contributed by atoms with E-state index in [2.05, 4.69) is 10.6 Å². The first-order valence-electron chi connectivity index (χ1n) is 20.2. The summed E-state index contributed by atoms with van der Waals surface area (Å²) >= 11 is 0. The molecule has 14 heteroatoms. The van der Waals surface area contributed by atoms with Crippen LogP contribution in [0.2, 0.25) is 0 Å². The SMILES string of the molecule is CCC(C)(CNC(=O)C1C2CN(c3ccc(OC)cc3)N=C2c2cc3c(cc2C1c1cc(OC)c(OC)c(OC)c1)OCO3)OCC(C)C(=O)NCCc1ccc(O)cc1. The van der Waals surface area contributed by atoms with Gasteiger partial charge in [0, 0.05) is 30.5 Å². The Bertz CT molecular complexity index is 2190. The van der Waals surface area contributed by atoms with Crippen LogP contribution in [0.1, 0.15) is 55.4 Å². The lowest BCUT2D eigenvalue weighted by Gasteiger charge is -2.39. The molecule has 14 nitrogen and oxygen atoms in total. The van der Waals surface area contributed by atoms with Gasteiger partial charge in [-0.05, 0) is 97.1 Å². The standard InChI is InChI=1S/C46H54N4O10/c1-8-46(3,60-24-27(2)44(52)47-18-17-28-9-13-31(51)14-10-28)25-48-45(53)41-35-23-50(30-11-15-32(54-4)16-12-30)49-42(35)34-22-37-36(58-26-59-37)21-33(34)40(41)29-19-38(55-5)43(57-7)39(20-29)56-6/h9-16,19-22,27,35,40-41,51H,8,17-18,23-26H2,1-7H3,(H,47,52)(H,48,53). The maximum absolute atomic E-state index is 15.1. The Kier molecular flexibility index (Phi) is 12.6. The fourth-order valence-electron chi connectivity index (χ4n) is 8.08. The van der Waals surface area contributed by atoms with Crippen molar-refractivity contribution in [2.24, 2.45) is 22.9 Å². The number of hydrogen-bond donors (Lipinski definition) is 3. The number of benzene rings is 4. The van der Waals surface area contributed by atoms with Crippen molar-refractivity contribution in [2.45, 2.75) is 45.1 Å². The van der Waals surface area contributed by atoms with Crippen LogP contribution in [0, 0.1) is 17.8 Å². The van der Waals surface area contributed by atoms with Gasteiger partial charge in [0.1, 0.15) is 11.5 Å². The first-order chi connectivity index (χ1) is 29.0. The van der Waals surface area contributed by atoms with E-state index < -0.39 is 23.4 Å². The highest BCUT2D eigenvalue weighted by molar-refractivity contribution is 6.10. The lowest BCUT2D eigenvalue weighted by Crippen LogP contribution is -2.50. The molecule has 0 spiro atoms. The van der Waals surface area contributed by atoms with E-state index in [9.17, 15) is 9.90 Å². The van der Waals surface area contributed by atoms with E-state index in [1.165, 1.54) is 0 Å². The van der Waals surface area contributed by atoms with Crippen LogP contribution < -0.4 is 44.1 Å². The molecule has 0 aromatic heterocycles. The summed E-state index contributed by atoms with van der Waals surface area (Å²) in [5.41, 5.74) is 4.35. The topological polar surface area (TPSA) is 159 Å². The van der Waals surface area contributed by atoms with Gasteiger partial charge in [0.25, 0.3) is 0 Å². The first kappa shape index (κ1) is 42.0. The summed E-state index contributed by atoms with van der Waals surface area (Å²) in [4.78, 5) is 28.2. The lowest BCUT2D eigenvalue weighted by molar-refractivity contribution is -0.132. The number of amides is 2. The Balaban J connectivity index is 1.18. The molecule has 4 aromatic carbocycles. The van der Waals surface area contributed by atoms with Gasteiger partial charge in [0.2, 0.25) is 24.4 Å². The van der Waals surface area contributed by atoms with Gasteiger partial charge >= 0.3 is 0 Å². The number of methoxy groups -OCH3 is 4. The predicted octanol–water partition coefficient (Wildman–Crippen LogP) is 6.05. The van der Waals surface area contributed by atoms with Crippen LogP contribution in [0.15, 0.2) is 77.9 Å². The Morgan fingerprint density at radius 1 is 0.917 bits per heavy atom. The molecule has 0 saturated heterocycles. The Labute approximate surface area is 350 Å². The normalized spacial score (nSPS) is 18.9. The molecule has 1 aliphatic carbocycles. The lowest BCUT2D eigenvalue weighted by atomic mass is 9.65. The second-order valence-electron chi connectivity index (χ2n) is 15.6. The molecule has 2 amide bonds. The van der Waals surface area contributed by atoms with Crippen molar-refractivity contribution in [2.75, 3.05) is 66.5 Å². The highest BCUT2D eigenvalue weighted by Gasteiger charge is 2.50. The quantitative estimate of drug-likeness (QED) is 0.114. The molecule has 3 N–H and O–H groups in total. The highest BCUT2D eigenvalue weighted by Crippen LogP contribution is 2.52. The third-order valence-electron chi connectivity index (χ3n) is 11.8. The maximum Gasteiger partial charge on any atom is 0.231 e. The van der Waals surface area contributed by atoms with Crippen LogP contribution in [0.3, 0.4) is 0 Å². The molecule has 4 aromatic rings. The molecule has 2 aliphatic heterocycles. The summed E-state index contributed by atoms with van der Waals surface area (Å²) in [6, 6.07) is 22.3. The Morgan fingerprint density at radius 2 is 1.60 bits per heavy atom. The van der Waals surface area contributed by atoms with Crippen LogP contribution >= 0.6 is 0 Å². The number of aromatic hydroxyl groups is 1. The monoisotopic (exact) mass is 822 g/mol. The molecule has 0 fully saturated rings. The predicted molar refractivity (Wildman–Crippen MR) is 226 cm³/mol. The molecule has 0 radical (unpaired) electrons. The molecule has 5 atom stereocenters. The van der Waals surface area contributed by atoms with E-state index in [1.54, 1.807) is 40.6 Å². The molecule has 318 valence electrons. The molecule has 0 saturated carbocycles. The van der Waals surface area contributed by atoms with Gasteiger partial charge in [0.05, 0.1) is 70.4 Å². The summed E-state index contributed by atoms with van der Waals surface area (Å²) in [7, 11) is 6.32. The number of carbonyl (C=O) groups is 2. The minimum atomic E-state index is -0.779. The molecule has 60 heavy (non-hydrogen) atoms. The molecular formula is C46H54N4O10. The number of phenolic OH excluding ortho intramolecular Hbond substituents is 1. The van der Waals surface area contributed by atoms with Gasteiger partial charge in [0.15, 0.2) is 23.0 Å². The smallest absolute Gasteiger partial charge is 0.231 e. The van der Waals surface area contributed by atoms with E-state index in [0.29, 0.717) is 54.7 Å². The summed E-state index contributed by atoms with van der Waals surface area (Å²) in [6.07, 6.45) is 1.21. The summed E-state index contributed by atoms with van der Waals surface area (Å²) in [6.45, 7) is 7.11. The number of nitrogens with zero attached hydrogens (tertiary/aromatic N) is 2. The maximum atomic E-state index is 15.1. The van der Waals surface area contributed by atoms with Crippen molar-refractivity contribution >= 4 is 23.2 Å². The number of fused-ring (bicyclic) bond motifs is 4. The van der Waals surface area contributed by atoms with Gasteiger partial charge in [-0.1, -0.05) is 26.0 Å². The van der Waals surface area contributed by atoms with Gasteiger partial charge in [-0.3, -0.25) is 14.6 Å². The molecule has 2 heterocycles. The number of nitrogens with one attached hydrogen (secondary N) is 2. The third kappa shape index (κ3) is 8.60. The minimum Gasteiger partial charge on any atom is -0.508 e. The van der Waals surface area contributed by atoms with E-state index >= 15 is 4.79 Å². The van der Waals surface area contributed by atoms with Crippen molar-refractivity contribution in [3.8, 4) is 40.2 Å². The molecule has 3 aliphatic rings. The summed E-state index contributed by atoms with van der Waals surface area (Å²) in [5, 5.41) is 22.9. The zero-order chi connectivity index (χ0) is 42.6. The number of ether oxygens (including phenoxy) is 7. The van der Waals surface area contributed by atoms with Crippen molar-refractivity contribution < 1.29 is 47.9 Å². The number of phenols is 1. The van der Waals surface area contributed by atoms with E-state index in [-0.39, 0.29) is 43.4 Å². The molecule has 7 rings (SSSR count). The minimum absolute atomic E-state index is 0.0839. The fourth-order valence-corrected chi connectivity index (χ4v) is 8.08. The number of carbonyl (C=O) groups excluding carboxylic acids is 2. The van der Waals surface area contributed by atoms with Crippen molar-refractivity contribution in [3.63, 3.8) is 0 Å².